The topological polar surface area (TPSA) is 66.4 Å². The van der Waals surface area contributed by atoms with E-state index in [1.807, 2.05) is 11.9 Å². The number of nitrogens with one attached hydrogen (secondary N) is 1. The predicted molar refractivity (Wildman–Crippen MR) is 92.1 cm³/mol. The van der Waals surface area contributed by atoms with Crippen LogP contribution >= 0.6 is 0 Å². The third kappa shape index (κ3) is 4.39. The molecule has 3 rings (SSSR count). The zero-order valence-corrected chi connectivity index (χ0v) is 14.7. The summed E-state index contributed by atoms with van der Waals surface area (Å²) in [4.78, 5) is 20.9. The minimum Gasteiger partial charge on any atom is -0.376 e. The van der Waals surface area contributed by atoms with Gasteiger partial charge in [-0.1, -0.05) is 0 Å². The molecule has 3 fully saturated rings. The predicted octanol–water partition coefficient (Wildman–Crippen LogP) is 0.454. The van der Waals surface area contributed by atoms with Crippen LogP contribution in [0.1, 0.15) is 32.1 Å². The molecule has 3 aliphatic rings. The van der Waals surface area contributed by atoms with E-state index in [1.165, 1.54) is 12.8 Å². The summed E-state index contributed by atoms with van der Waals surface area (Å²) in [6.07, 6.45) is 5.48. The van der Waals surface area contributed by atoms with Crippen molar-refractivity contribution < 1.29 is 14.3 Å². The molecule has 3 heterocycles. The van der Waals surface area contributed by atoms with Gasteiger partial charge >= 0.3 is 0 Å². The molecule has 0 aromatic heterocycles. The van der Waals surface area contributed by atoms with Gasteiger partial charge in [-0.15, -0.1) is 0 Å². The lowest BCUT2D eigenvalue weighted by Crippen LogP contribution is -2.56. The monoisotopic (exact) mass is 338 g/mol. The number of guanidine groups is 1. The van der Waals surface area contributed by atoms with Crippen molar-refractivity contribution in [1.82, 2.24) is 15.1 Å². The van der Waals surface area contributed by atoms with Gasteiger partial charge in [-0.3, -0.25) is 9.79 Å². The Morgan fingerprint density at radius 2 is 1.79 bits per heavy atom. The van der Waals surface area contributed by atoms with E-state index in [-0.39, 0.29) is 18.1 Å². The van der Waals surface area contributed by atoms with Crippen molar-refractivity contribution in [2.45, 2.75) is 44.3 Å². The molecule has 0 aliphatic carbocycles. The summed E-state index contributed by atoms with van der Waals surface area (Å²) in [5.74, 6) is 1.07. The second-order valence-electron chi connectivity index (χ2n) is 6.73. The smallest absolute Gasteiger partial charge is 0.251 e. The molecule has 0 spiro atoms. The first-order chi connectivity index (χ1) is 11.8. The third-order valence-corrected chi connectivity index (χ3v) is 5.07. The maximum atomic E-state index is 12.4. The number of piperazine rings is 1. The van der Waals surface area contributed by atoms with Crippen LogP contribution in [0.15, 0.2) is 4.99 Å². The molecule has 0 radical (unpaired) electrons. The van der Waals surface area contributed by atoms with Crippen LogP contribution in [0.5, 0.6) is 0 Å². The van der Waals surface area contributed by atoms with E-state index in [0.29, 0.717) is 0 Å². The first-order valence-electron chi connectivity index (χ1n) is 9.25. The van der Waals surface area contributed by atoms with Crippen LogP contribution in [0, 0.1) is 0 Å². The van der Waals surface area contributed by atoms with Crippen LogP contribution in [0.25, 0.3) is 0 Å². The Morgan fingerprint density at radius 1 is 1.04 bits per heavy atom. The van der Waals surface area contributed by atoms with Crippen molar-refractivity contribution in [3.05, 3.63) is 0 Å². The lowest BCUT2D eigenvalue weighted by Gasteiger charge is -2.37. The molecule has 3 saturated heterocycles. The summed E-state index contributed by atoms with van der Waals surface area (Å²) in [5.41, 5.74) is 0. The Kier molecular flexibility index (Phi) is 6.31. The molecular formula is C17H30N4O3. The average Bonchev–Trinajstić information content (AvgIpc) is 3.18. The van der Waals surface area contributed by atoms with E-state index < -0.39 is 0 Å². The zero-order chi connectivity index (χ0) is 16.8. The van der Waals surface area contributed by atoms with Crippen molar-refractivity contribution in [2.75, 3.05) is 53.0 Å². The SMILES string of the molecule is CN=C(NCC1CCCCO1)N1CCN(C(=O)C2CCCO2)CC1. The number of ether oxygens (including phenoxy) is 2. The highest BCUT2D eigenvalue weighted by Gasteiger charge is 2.31. The average molecular weight is 338 g/mol. The lowest BCUT2D eigenvalue weighted by atomic mass is 10.1. The molecule has 136 valence electrons. The fraction of sp³-hybridized carbons (Fsp3) is 0.882. The molecule has 3 aliphatic heterocycles. The third-order valence-electron chi connectivity index (χ3n) is 5.07. The molecule has 0 aromatic carbocycles. The minimum atomic E-state index is -0.211. The summed E-state index contributed by atoms with van der Waals surface area (Å²) < 4.78 is 11.3. The van der Waals surface area contributed by atoms with Gasteiger partial charge in [0.15, 0.2) is 5.96 Å². The number of hydrogen-bond acceptors (Lipinski definition) is 4. The van der Waals surface area contributed by atoms with E-state index in [1.54, 1.807) is 0 Å². The first-order valence-corrected chi connectivity index (χ1v) is 9.25. The molecule has 24 heavy (non-hydrogen) atoms. The molecule has 0 aromatic rings. The van der Waals surface area contributed by atoms with Crippen molar-refractivity contribution in [1.29, 1.82) is 0 Å². The number of carbonyl (C=O) groups excluding carboxylic acids is 1. The Morgan fingerprint density at radius 3 is 2.42 bits per heavy atom. The molecule has 7 heteroatoms. The molecule has 2 atom stereocenters. The normalized spacial score (nSPS) is 29.0. The summed E-state index contributed by atoms with van der Waals surface area (Å²) in [6, 6.07) is 0. The van der Waals surface area contributed by atoms with Crippen LogP contribution in [-0.4, -0.2) is 86.9 Å². The van der Waals surface area contributed by atoms with Crippen molar-refractivity contribution in [2.24, 2.45) is 4.99 Å². The van der Waals surface area contributed by atoms with E-state index in [9.17, 15) is 4.79 Å². The Bertz CT molecular complexity index is 437. The number of nitrogens with zero attached hydrogens (tertiary/aromatic N) is 3. The lowest BCUT2D eigenvalue weighted by molar-refractivity contribution is -0.142. The van der Waals surface area contributed by atoms with Gasteiger partial charge in [0.2, 0.25) is 0 Å². The molecule has 2 unspecified atom stereocenters. The van der Waals surface area contributed by atoms with E-state index in [4.69, 9.17) is 9.47 Å². The van der Waals surface area contributed by atoms with Gasteiger partial charge in [0.25, 0.3) is 5.91 Å². The zero-order valence-electron chi connectivity index (χ0n) is 14.7. The second-order valence-corrected chi connectivity index (χ2v) is 6.73. The van der Waals surface area contributed by atoms with E-state index >= 15 is 0 Å². The fourth-order valence-corrected chi connectivity index (χ4v) is 3.62. The summed E-state index contributed by atoms with van der Waals surface area (Å²) in [5, 5.41) is 3.43. The molecule has 0 saturated carbocycles. The van der Waals surface area contributed by atoms with Crippen molar-refractivity contribution in [3.8, 4) is 0 Å². The van der Waals surface area contributed by atoms with Gasteiger partial charge in [0.1, 0.15) is 6.10 Å². The van der Waals surface area contributed by atoms with Gasteiger partial charge in [-0.25, -0.2) is 0 Å². The van der Waals surface area contributed by atoms with Crippen LogP contribution in [-0.2, 0) is 14.3 Å². The Labute approximate surface area is 144 Å². The maximum Gasteiger partial charge on any atom is 0.251 e. The molecule has 1 amide bonds. The van der Waals surface area contributed by atoms with Crippen molar-refractivity contribution >= 4 is 11.9 Å². The van der Waals surface area contributed by atoms with Crippen LogP contribution in [0.4, 0.5) is 0 Å². The highest BCUT2D eigenvalue weighted by Crippen LogP contribution is 2.16. The van der Waals surface area contributed by atoms with E-state index in [2.05, 4.69) is 15.2 Å². The first kappa shape index (κ1) is 17.5. The molecule has 1 N–H and O–H groups in total. The highest BCUT2D eigenvalue weighted by molar-refractivity contribution is 5.82. The van der Waals surface area contributed by atoms with Gasteiger partial charge in [-0.2, -0.15) is 0 Å². The molecule has 7 nitrogen and oxygen atoms in total. The van der Waals surface area contributed by atoms with Gasteiger partial charge < -0.3 is 24.6 Å². The van der Waals surface area contributed by atoms with Crippen molar-refractivity contribution in [3.63, 3.8) is 0 Å². The maximum absolute atomic E-state index is 12.4. The van der Waals surface area contributed by atoms with Crippen LogP contribution in [0.2, 0.25) is 0 Å². The fourth-order valence-electron chi connectivity index (χ4n) is 3.62. The largest absolute Gasteiger partial charge is 0.376 e. The summed E-state index contributed by atoms with van der Waals surface area (Å²) in [6.45, 7) is 5.48. The summed E-state index contributed by atoms with van der Waals surface area (Å²) >= 11 is 0. The number of amides is 1. The van der Waals surface area contributed by atoms with E-state index in [0.717, 1.165) is 71.2 Å². The Hall–Kier alpha value is -1.34. The molecule has 0 bridgehead atoms. The van der Waals surface area contributed by atoms with Gasteiger partial charge in [-0.05, 0) is 32.1 Å². The van der Waals surface area contributed by atoms with Gasteiger partial charge in [0.05, 0.1) is 6.10 Å². The quantitative estimate of drug-likeness (QED) is 0.598. The Balaban J connectivity index is 1.43. The van der Waals surface area contributed by atoms with Crippen LogP contribution < -0.4 is 5.32 Å². The second kappa shape index (κ2) is 8.67. The number of rotatable bonds is 3. The molecular weight excluding hydrogens is 308 g/mol. The highest BCUT2D eigenvalue weighted by atomic mass is 16.5. The number of aliphatic imine (C=N–C) groups is 1. The standard InChI is InChI=1S/C17H30N4O3/c1-18-17(19-13-14-5-2-3-11-23-14)21-9-7-20(8-10-21)16(22)15-6-4-12-24-15/h14-15H,2-13H2,1H3,(H,18,19). The number of hydrogen-bond donors (Lipinski definition) is 1. The minimum absolute atomic E-state index is 0.158. The van der Waals surface area contributed by atoms with Crippen LogP contribution in [0.3, 0.4) is 0 Å². The number of carbonyl (C=O) groups is 1. The van der Waals surface area contributed by atoms with Gasteiger partial charge in [0, 0.05) is 53.0 Å². The summed E-state index contributed by atoms with van der Waals surface area (Å²) in [7, 11) is 1.81.